The summed E-state index contributed by atoms with van der Waals surface area (Å²) in [6.45, 7) is 0.627. The summed E-state index contributed by atoms with van der Waals surface area (Å²) in [4.78, 5) is 12.7. The van der Waals surface area contributed by atoms with Gasteiger partial charge in [0, 0.05) is 22.5 Å². The standard InChI is InChI=1S/C18H16N2O3S/c1-23-15-7-10-4-5-20-14(18(21)22)9-12(16-3-2-6-24-16)17(20)11(10)8-13(15)19/h2-3,6-9H,4-5,19H2,1H3,(H,21,22). The Balaban J connectivity index is 2.02. The number of carboxylic acid groups (broad SMARTS) is 1. The molecular formula is C18H16N2O3S. The Labute approximate surface area is 142 Å². The van der Waals surface area contributed by atoms with E-state index in [0.717, 1.165) is 33.7 Å². The van der Waals surface area contributed by atoms with Gasteiger partial charge in [-0.15, -0.1) is 11.3 Å². The molecular weight excluding hydrogens is 324 g/mol. The first-order chi connectivity index (χ1) is 11.6. The number of ether oxygens (including phenoxy) is 1. The first-order valence-electron chi connectivity index (χ1n) is 7.57. The molecule has 3 aromatic rings. The number of thiophene rings is 1. The van der Waals surface area contributed by atoms with Crippen molar-refractivity contribution < 1.29 is 14.6 Å². The van der Waals surface area contributed by atoms with Crippen molar-refractivity contribution in [3.8, 4) is 27.4 Å². The zero-order valence-corrected chi connectivity index (χ0v) is 13.9. The fourth-order valence-electron chi connectivity index (χ4n) is 3.34. The fraction of sp³-hybridized carbons (Fsp3) is 0.167. The first kappa shape index (κ1) is 14.8. The molecule has 0 radical (unpaired) electrons. The lowest BCUT2D eigenvalue weighted by Crippen LogP contribution is -2.16. The number of hydrogen-bond donors (Lipinski definition) is 2. The molecule has 0 amide bonds. The van der Waals surface area contributed by atoms with Gasteiger partial charge in [-0.3, -0.25) is 0 Å². The zero-order chi connectivity index (χ0) is 16.8. The number of rotatable bonds is 3. The third-order valence-electron chi connectivity index (χ3n) is 4.42. The average molecular weight is 340 g/mol. The number of hydrogen-bond acceptors (Lipinski definition) is 4. The molecule has 122 valence electrons. The third-order valence-corrected chi connectivity index (χ3v) is 5.32. The van der Waals surface area contributed by atoms with E-state index in [1.165, 1.54) is 0 Å². The number of carboxylic acids is 1. The van der Waals surface area contributed by atoms with E-state index in [0.29, 0.717) is 23.7 Å². The smallest absolute Gasteiger partial charge is 0.352 e. The summed E-state index contributed by atoms with van der Waals surface area (Å²) in [6, 6.07) is 9.59. The minimum absolute atomic E-state index is 0.313. The van der Waals surface area contributed by atoms with E-state index < -0.39 is 5.97 Å². The minimum Gasteiger partial charge on any atom is -0.495 e. The van der Waals surface area contributed by atoms with Gasteiger partial charge < -0.3 is 20.1 Å². The lowest BCUT2D eigenvalue weighted by molar-refractivity contribution is 0.0685. The van der Waals surface area contributed by atoms with Crippen molar-refractivity contribution >= 4 is 23.0 Å². The van der Waals surface area contributed by atoms with Crippen molar-refractivity contribution in [3.63, 3.8) is 0 Å². The summed E-state index contributed by atoms with van der Waals surface area (Å²) >= 11 is 1.60. The number of methoxy groups -OCH3 is 1. The quantitative estimate of drug-likeness (QED) is 0.712. The van der Waals surface area contributed by atoms with Crippen molar-refractivity contribution in [1.82, 2.24) is 4.57 Å². The number of nitrogen functional groups attached to an aromatic ring is 1. The second-order valence-electron chi connectivity index (χ2n) is 5.73. The molecule has 4 rings (SSSR count). The Morgan fingerprint density at radius 1 is 1.33 bits per heavy atom. The van der Waals surface area contributed by atoms with Crippen LogP contribution in [-0.4, -0.2) is 22.8 Å². The van der Waals surface area contributed by atoms with Gasteiger partial charge in [0.15, 0.2) is 0 Å². The van der Waals surface area contributed by atoms with E-state index in [9.17, 15) is 9.90 Å². The SMILES string of the molecule is COc1cc2c(cc1N)-c1c(-c3cccs3)cc(C(=O)O)n1CC2. The molecule has 3 heterocycles. The van der Waals surface area contributed by atoms with Crippen molar-refractivity contribution in [3.05, 3.63) is 47.0 Å². The number of anilines is 1. The largest absolute Gasteiger partial charge is 0.495 e. The van der Waals surface area contributed by atoms with Gasteiger partial charge in [0.1, 0.15) is 11.4 Å². The molecule has 0 atom stereocenters. The Hall–Kier alpha value is -2.73. The van der Waals surface area contributed by atoms with Crippen LogP contribution in [0.4, 0.5) is 5.69 Å². The van der Waals surface area contributed by atoms with Crippen LogP contribution < -0.4 is 10.5 Å². The van der Waals surface area contributed by atoms with E-state index in [4.69, 9.17) is 10.5 Å². The van der Waals surface area contributed by atoms with Gasteiger partial charge in [0.2, 0.25) is 0 Å². The van der Waals surface area contributed by atoms with E-state index in [1.54, 1.807) is 24.5 Å². The lowest BCUT2D eigenvalue weighted by Gasteiger charge is -2.23. The van der Waals surface area contributed by atoms with Gasteiger partial charge in [-0.1, -0.05) is 6.07 Å². The van der Waals surface area contributed by atoms with E-state index in [-0.39, 0.29) is 0 Å². The van der Waals surface area contributed by atoms with Crippen LogP contribution in [0, 0.1) is 0 Å². The Kier molecular flexibility index (Phi) is 3.35. The zero-order valence-electron chi connectivity index (χ0n) is 13.1. The fourth-order valence-corrected chi connectivity index (χ4v) is 4.09. The number of carbonyl (C=O) groups is 1. The summed E-state index contributed by atoms with van der Waals surface area (Å²) in [7, 11) is 1.60. The molecule has 0 fully saturated rings. The van der Waals surface area contributed by atoms with Crippen LogP contribution in [0.25, 0.3) is 21.7 Å². The maximum absolute atomic E-state index is 11.7. The van der Waals surface area contributed by atoms with Crippen LogP contribution >= 0.6 is 11.3 Å². The average Bonchev–Trinajstić information content (AvgIpc) is 3.21. The normalized spacial score (nSPS) is 12.5. The molecule has 0 aliphatic carbocycles. The Morgan fingerprint density at radius 2 is 2.17 bits per heavy atom. The number of nitrogens with two attached hydrogens (primary N) is 1. The highest BCUT2D eigenvalue weighted by Crippen LogP contribution is 2.43. The predicted molar refractivity (Wildman–Crippen MR) is 94.8 cm³/mol. The second kappa shape index (κ2) is 5.42. The second-order valence-corrected chi connectivity index (χ2v) is 6.67. The van der Waals surface area contributed by atoms with Crippen LogP contribution in [0.2, 0.25) is 0 Å². The Morgan fingerprint density at radius 3 is 2.83 bits per heavy atom. The molecule has 0 bridgehead atoms. The number of fused-ring (bicyclic) bond motifs is 3. The van der Waals surface area contributed by atoms with Gasteiger partial charge >= 0.3 is 5.97 Å². The highest BCUT2D eigenvalue weighted by Gasteiger charge is 2.27. The van der Waals surface area contributed by atoms with Gasteiger partial charge in [-0.2, -0.15) is 0 Å². The van der Waals surface area contributed by atoms with Gasteiger partial charge in [-0.25, -0.2) is 4.79 Å². The molecule has 1 aliphatic rings. The molecule has 6 heteroatoms. The molecule has 0 saturated heterocycles. The molecule has 1 aliphatic heterocycles. The summed E-state index contributed by atoms with van der Waals surface area (Å²) < 4.78 is 7.20. The van der Waals surface area contributed by atoms with E-state index in [1.807, 2.05) is 34.2 Å². The minimum atomic E-state index is -0.913. The summed E-state index contributed by atoms with van der Waals surface area (Å²) in [5.41, 5.74) is 10.9. The van der Waals surface area contributed by atoms with Crippen molar-refractivity contribution in [2.75, 3.05) is 12.8 Å². The first-order valence-corrected chi connectivity index (χ1v) is 8.45. The Bertz CT molecular complexity index is 942. The maximum atomic E-state index is 11.7. The number of aromatic carboxylic acids is 1. The number of benzene rings is 1. The monoisotopic (exact) mass is 340 g/mol. The maximum Gasteiger partial charge on any atom is 0.352 e. The number of aryl methyl sites for hydroxylation is 1. The number of nitrogens with zero attached hydrogens (tertiary/aromatic N) is 1. The topological polar surface area (TPSA) is 77.5 Å². The highest BCUT2D eigenvalue weighted by atomic mass is 32.1. The third kappa shape index (κ3) is 2.11. The van der Waals surface area contributed by atoms with E-state index >= 15 is 0 Å². The molecule has 5 nitrogen and oxygen atoms in total. The van der Waals surface area contributed by atoms with Crippen molar-refractivity contribution in [2.24, 2.45) is 0 Å². The van der Waals surface area contributed by atoms with Crippen molar-refractivity contribution in [2.45, 2.75) is 13.0 Å². The molecule has 0 spiro atoms. The molecule has 24 heavy (non-hydrogen) atoms. The van der Waals surface area contributed by atoms with Gasteiger partial charge in [0.25, 0.3) is 0 Å². The molecule has 0 saturated carbocycles. The van der Waals surface area contributed by atoms with Crippen molar-refractivity contribution in [1.29, 1.82) is 0 Å². The molecule has 2 aromatic heterocycles. The summed E-state index contributed by atoms with van der Waals surface area (Å²) in [5, 5.41) is 11.6. The number of aromatic nitrogens is 1. The van der Waals surface area contributed by atoms with Crippen LogP contribution in [0.1, 0.15) is 16.1 Å². The van der Waals surface area contributed by atoms with Gasteiger partial charge in [0.05, 0.1) is 18.5 Å². The summed E-state index contributed by atoms with van der Waals surface area (Å²) in [6.07, 6.45) is 0.748. The van der Waals surface area contributed by atoms with Crippen LogP contribution in [0.15, 0.2) is 35.7 Å². The molecule has 1 aromatic carbocycles. The van der Waals surface area contributed by atoms with E-state index in [2.05, 4.69) is 0 Å². The van der Waals surface area contributed by atoms with Crippen LogP contribution in [-0.2, 0) is 13.0 Å². The highest BCUT2D eigenvalue weighted by molar-refractivity contribution is 7.13. The van der Waals surface area contributed by atoms with Gasteiger partial charge in [-0.05, 0) is 41.6 Å². The molecule has 3 N–H and O–H groups in total. The van der Waals surface area contributed by atoms with Crippen LogP contribution in [0.5, 0.6) is 5.75 Å². The lowest BCUT2D eigenvalue weighted by atomic mass is 9.95. The predicted octanol–water partition coefficient (Wildman–Crippen LogP) is 3.73. The molecule has 0 unspecified atom stereocenters. The summed E-state index contributed by atoms with van der Waals surface area (Å²) in [5.74, 6) is -0.256. The van der Waals surface area contributed by atoms with Crippen LogP contribution in [0.3, 0.4) is 0 Å².